The lowest BCUT2D eigenvalue weighted by molar-refractivity contribution is 0.0262. The molecule has 1 amide bonds. The SMILES string of the molecule is CC(C)(C)OC(=O)N1CC[C@]2(COCCCN2)C1. The number of hydrogen-bond acceptors (Lipinski definition) is 4. The molecular formula is C13H24N2O3. The average Bonchev–Trinajstić information content (AvgIpc) is 2.51. The fourth-order valence-corrected chi connectivity index (χ4v) is 2.46. The van der Waals surface area contributed by atoms with E-state index in [1.54, 1.807) is 4.90 Å². The van der Waals surface area contributed by atoms with Gasteiger partial charge >= 0.3 is 6.09 Å². The molecule has 2 saturated heterocycles. The molecule has 0 saturated carbocycles. The Morgan fingerprint density at radius 2 is 2.22 bits per heavy atom. The summed E-state index contributed by atoms with van der Waals surface area (Å²) in [7, 11) is 0. The van der Waals surface area contributed by atoms with Gasteiger partial charge in [-0.3, -0.25) is 0 Å². The third kappa shape index (κ3) is 3.36. The highest BCUT2D eigenvalue weighted by Gasteiger charge is 2.41. The topological polar surface area (TPSA) is 50.8 Å². The normalized spacial score (nSPS) is 29.4. The maximum atomic E-state index is 12.0. The van der Waals surface area contributed by atoms with Crippen LogP contribution in [0.4, 0.5) is 4.79 Å². The van der Waals surface area contributed by atoms with E-state index in [0.717, 1.165) is 32.5 Å². The molecule has 5 nitrogen and oxygen atoms in total. The second-order valence-corrected chi connectivity index (χ2v) is 6.27. The Balaban J connectivity index is 1.92. The van der Waals surface area contributed by atoms with Gasteiger partial charge in [0.05, 0.1) is 12.1 Å². The van der Waals surface area contributed by atoms with E-state index in [1.165, 1.54) is 0 Å². The summed E-state index contributed by atoms with van der Waals surface area (Å²) in [4.78, 5) is 13.8. The van der Waals surface area contributed by atoms with Crippen LogP contribution in [0.5, 0.6) is 0 Å². The quantitative estimate of drug-likeness (QED) is 0.711. The number of nitrogens with zero attached hydrogens (tertiary/aromatic N) is 1. The van der Waals surface area contributed by atoms with Gasteiger partial charge in [-0.2, -0.15) is 0 Å². The first-order chi connectivity index (χ1) is 8.40. The molecule has 5 heteroatoms. The minimum Gasteiger partial charge on any atom is -0.444 e. The monoisotopic (exact) mass is 256 g/mol. The largest absolute Gasteiger partial charge is 0.444 e. The second kappa shape index (κ2) is 5.05. The van der Waals surface area contributed by atoms with Crippen molar-refractivity contribution in [3.05, 3.63) is 0 Å². The molecule has 0 radical (unpaired) electrons. The van der Waals surface area contributed by atoms with Gasteiger partial charge in [-0.15, -0.1) is 0 Å². The Hall–Kier alpha value is -0.810. The Bertz CT molecular complexity index is 304. The molecule has 0 bridgehead atoms. The Labute approximate surface area is 109 Å². The zero-order chi connectivity index (χ0) is 13.2. The number of likely N-dealkylation sites (tertiary alicyclic amines) is 1. The molecule has 0 unspecified atom stereocenters. The Morgan fingerprint density at radius 3 is 2.94 bits per heavy atom. The molecule has 2 heterocycles. The molecule has 1 spiro atoms. The van der Waals surface area contributed by atoms with Crippen molar-refractivity contribution in [2.45, 2.75) is 44.8 Å². The fourth-order valence-electron chi connectivity index (χ4n) is 2.46. The van der Waals surface area contributed by atoms with Crippen LogP contribution in [0.3, 0.4) is 0 Å². The summed E-state index contributed by atoms with van der Waals surface area (Å²) in [6.07, 6.45) is 1.76. The minimum atomic E-state index is -0.430. The van der Waals surface area contributed by atoms with Crippen molar-refractivity contribution in [3.63, 3.8) is 0 Å². The van der Waals surface area contributed by atoms with E-state index in [4.69, 9.17) is 9.47 Å². The molecule has 0 aliphatic carbocycles. The summed E-state index contributed by atoms with van der Waals surface area (Å²) in [5, 5.41) is 3.53. The van der Waals surface area contributed by atoms with Crippen LogP contribution in [0, 0.1) is 0 Å². The maximum Gasteiger partial charge on any atom is 0.410 e. The van der Waals surface area contributed by atoms with Crippen molar-refractivity contribution in [2.24, 2.45) is 0 Å². The second-order valence-electron chi connectivity index (χ2n) is 6.27. The van der Waals surface area contributed by atoms with Crippen LogP contribution in [-0.2, 0) is 9.47 Å². The van der Waals surface area contributed by atoms with Crippen LogP contribution in [0.25, 0.3) is 0 Å². The van der Waals surface area contributed by atoms with Crippen molar-refractivity contribution in [1.82, 2.24) is 10.2 Å². The molecule has 0 aromatic heterocycles. The van der Waals surface area contributed by atoms with Crippen LogP contribution in [-0.4, -0.2) is 55.0 Å². The fraction of sp³-hybridized carbons (Fsp3) is 0.923. The van der Waals surface area contributed by atoms with E-state index in [2.05, 4.69) is 5.32 Å². The number of carbonyl (C=O) groups excluding carboxylic acids is 1. The lowest BCUT2D eigenvalue weighted by atomic mass is 10.0. The molecule has 0 aromatic rings. The van der Waals surface area contributed by atoms with Crippen molar-refractivity contribution in [3.8, 4) is 0 Å². The van der Waals surface area contributed by atoms with Gasteiger partial charge in [0.25, 0.3) is 0 Å². The van der Waals surface area contributed by atoms with Gasteiger partial charge in [0, 0.05) is 19.7 Å². The Morgan fingerprint density at radius 1 is 1.44 bits per heavy atom. The van der Waals surface area contributed by atoms with E-state index in [0.29, 0.717) is 13.2 Å². The van der Waals surface area contributed by atoms with Gasteiger partial charge in [-0.25, -0.2) is 4.79 Å². The standard InChI is InChI=1S/C13H24N2O3/c1-12(2,3)18-11(16)15-7-5-13(9-15)10-17-8-4-6-14-13/h14H,4-10H2,1-3H3/t13-/m1/s1. The van der Waals surface area contributed by atoms with Crippen molar-refractivity contribution < 1.29 is 14.3 Å². The molecule has 18 heavy (non-hydrogen) atoms. The number of rotatable bonds is 0. The molecule has 1 atom stereocenters. The number of nitrogens with one attached hydrogen (secondary N) is 1. The van der Waals surface area contributed by atoms with Crippen LogP contribution in [0.2, 0.25) is 0 Å². The number of carbonyl (C=O) groups is 1. The van der Waals surface area contributed by atoms with Crippen molar-refractivity contribution >= 4 is 6.09 Å². The van der Waals surface area contributed by atoms with E-state index in [9.17, 15) is 4.79 Å². The lowest BCUT2D eigenvalue weighted by Crippen LogP contribution is -2.51. The first kappa shape index (κ1) is 13.6. The minimum absolute atomic E-state index is 0.0621. The van der Waals surface area contributed by atoms with E-state index in [1.807, 2.05) is 20.8 Å². The van der Waals surface area contributed by atoms with Crippen LogP contribution >= 0.6 is 0 Å². The van der Waals surface area contributed by atoms with Gasteiger partial charge in [0.2, 0.25) is 0 Å². The molecule has 2 fully saturated rings. The summed E-state index contributed by atoms with van der Waals surface area (Å²) in [6.45, 7) is 9.56. The van der Waals surface area contributed by atoms with E-state index in [-0.39, 0.29) is 11.6 Å². The van der Waals surface area contributed by atoms with Crippen LogP contribution < -0.4 is 5.32 Å². The highest BCUT2D eigenvalue weighted by Crippen LogP contribution is 2.25. The third-order valence-corrected chi connectivity index (χ3v) is 3.35. The zero-order valence-electron chi connectivity index (χ0n) is 11.6. The van der Waals surface area contributed by atoms with E-state index < -0.39 is 5.60 Å². The number of amides is 1. The summed E-state index contributed by atoms with van der Waals surface area (Å²) in [5.74, 6) is 0. The van der Waals surface area contributed by atoms with Gasteiger partial charge < -0.3 is 19.7 Å². The molecule has 104 valence electrons. The van der Waals surface area contributed by atoms with Crippen LogP contribution in [0.15, 0.2) is 0 Å². The summed E-state index contributed by atoms with van der Waals surface area (Å²) in [5.41, 5.74) is -0.492. The average molecular weight is 256 g/mol. The zero-order valence-corrected chi connectivity index (χ0v) is 11.6. The highest BCUT2D eigenvalue weighted by atomic mass is 16.6. The predicted octanol–water partition coefficient (Wildman–Crippen LogP) is 1.38. The maximum absolute atomic E-state index is 12.0. The molecule has 2 aliphatic heterocycles. The van der Waals surface area contributed by atoms with E-state index >= 15 is 0 Å². The number of ether oxygens (including phenoxy) is 2. The highest BCUT2D eigenvalue weighted by molar-refractivity contribution is 5.68. The Kier molecular flexibility index (Phi) is 3.82. The van der Waals surface area contributed by atoms with Gasteiger partial charge in [0.1, 0.15) is 5.60 Å². The molecule has 0 aromatic carbocycles. The van der Waals surface area contributed by atoms with Gasteiger partial charge in [-0.1, -0.05) is 0 Å². The van der Waals surface area contributed by atoms with Crippen LogP contribution in [0.1, 0.15) is 33.6 Å². The molecule has 1 N–H and O–H groups in total. The van der Waals surface area contributed by atoms with Crippen molar-refractivity contribution in [1.29, 1.82) is 0 Å². The number of hydrogen-bond donors (Lipinski definition) is 1. The van der Waals surface area contributed by atoms with Gasteiger partial charge in [0.15, 0.2) is 0 Å². The van der Waals surface area contributed by atoms with Crippen molar-refractivity contribution in [2.75, 3.05) is 32.8 Å². The summed E-state index contributed by atoms with van der Waals surface area (Å²) in [6, 6.07) is 0. The molecule has 2 rings (SSSR count). The third-order valence-electron chi connectivity index (χ3n) is 3.35. The molecular weight excluding hydrogens is 232 g/mol. The lowest BCUT2D eigenvalue weighted by Gasteiger charge is -2.29. The predicted molar refractivity (Wildman–Crippen MR) is 68.6 cm³/mol. The summed E-state index contributed by atoms with van der Waals surface area (Å²) < 4.78 is 11.0. The molecule has 2 aliphatic rings. The smallest absolute Gasteiger partial charge is 0.410 e. The first-order valence-corrected chi connectivity index (χ1v) is 6.71. The summed E-state index contributed by atoms with van der Waals surface area (Å²) >= 11 is 0. The first-order valence-electron chi connectivity index (χ1n) is 6.71. The van der Waals surface area contributed by atoms with Gasteiger partial charge in [-0.05, 0) is 40.2 Å².